The van der Waals surface area contributed by atoms with Gasteiger partial charge in [-0.05, 0) is 18.6 Å². The van der Waals surface area contributed by atoms with Gasteiger partial charge in [-0.2, -0.15) is 0 Å². The Labute approximate surface area is 166 Å². The maximum absolute atomic E-state index is 11.8. The lowest BCUT2D eigenvalue weighted by Crippen LogP contribution is -2.11. The van der Waals surface area contributed by atoms with Crippen LogP contribution in [0.5, 0.6) is 0 Å². The Kier molecular flexibility index (Phi) is 13.2. The van der Waals surface area contributed by atoms with Gasteiger partial charge in [0.2, 0.25) is 0 Å². The summed E-state index contributed by atoms with van der Waals surface area (Å²) >= 11 is 3.57. The second kappa shape index (κ2) is 15.0. The molecule has 1 unspecified atom stereocenters. The Bertz CT molecular complexity index is 498. The smallest absolute Gasteiger partial charge is 0.307 e. The summed E-state index contributed by atoms with van der Waals surface area (Å²) in [5, 5.41) is 0. The number of unbranched alkanes of at least 4 members (excludes halogenated alkanes) is 9. The minimum absolute atomic E-state index is 0.0741. The lowest BCUT2D eigenvalue weighted by molar-refractivity contribution is -0.145. The highest BCUT2D eigenvalue weighted by molar-refractivity contribution is 9.09. The molecule has 0 aliphatic rings. The van der Waals surface area contributed by atoms with Gasteiger partial charge >= 0.3 is 5.97 Å². The first kappa shape index (κ1) is 22.9. The lowest BCUT2D eigenvalue weighted by Gasteiger charge is -2.09. The molecule has 1 atom stereocenters. The van der Waals surface area contributed by atoms with Crippen molar-refractivity contribution in [2.45, 2.75) is 95.4 Å². The van der Waals surface area contributed by atoms with E-state index in [2.05, 4.69) is 22.9 Å². The van der Waals surface area contributed by atoms with Crippen molar-refractivity contribution in [1.82, 2.24) is 0 Å². The van der Waals surface area contributed by atoms with Gasteiger partial charge in [0.05, 0.1) is 6.42 Å². The fraction of sp³-hybridized carbons (Fsp3) is 0.714. The number of furan rings is 1. The fourth-order valence-electron chi connectivity index (χ4n) is 2.88. The highest BCUT2D eigenvalue weighted by Crippen LogP contribution is 2.18. The molecule has 0 radical (unpaired) electrons. The largest absolute Gasteiger partial charge is 0.457 e. The minimum atomic E-state index is -0.247. The molecule has 0 aliphatic carbocycles. The molecular formula is C21H33BrO4. The van der Waals surface area contributed by atoms with E-state index < -0.39 is 0 Å². The zero-order valence-electron chi connectivity index (χ0n) is 16.0. The molecule has 1 heterocycles. The van der Waals surface area contributed by atoms with Crippen LogP contribution in [-0.4, -0.2) is 17.1 Å². The summed E-state index contributed by atoms with van der Waals surface area (Å²) in [5.74, 6) is 0.486. The number of hydrogen-bond acceptors (Lipinski definition) is 4. The summed E-state index contributed by atoms with van der Waals surface area (Å²) in [4.78, 5) is 22.5. The van der Waals surface area contributed by atoms with Crippen LogP contribution in [0.2, 0.25) is 0 Å². The predicted octanol–water partition coefficient (Wildman–Crippen LogP) is 6.60. The van der Waals surface area contributed by atoms with Gasteiger partial charge in [-0.15, -0.1) is 0 Å². The number of ether oxygens (including phenoxy) is 1. The number of aldehydes is 1. The van der Waals surface area contributed by atoms with Crippen LogP contribution in [0.3, 0.4) is 0 Å². The molecule has 0 bridgehead atoms. The van der Waals surface area contributed by atoms with Crippen LogP contribution in [0.25, 0.3) is 0 Å². The Hall–Kier alpha value is -1.10. The summed E-state index contributed by atoms with van der Waals surface area (Å²) in [5.41, 5.74) is 0. The van der Waals surface area contributed by atoms with E-state index >= 15 is 0 Å². The Morgan fingerprint density at radius 2 is 1.69 bits per heavy atom. The number of carbonyl (C=O) groups is 2. The second-order valence-corrected chi connectivity index (χ2v) is 8.15. The highest BCUT2D eigenvalue weighted by Gasteiger charge is 2.12. The number of carbonyl (C=O) groups excluding carboxylic acids is 2. The van der Waals surface area contributed by atoms with Gasteiger partial charge in [0.25, 0.3) is 0 Å². The monoisotopic (exact) mass is 428 g/mol. The molecule has 0 aromatic carbocycles. The Morgan fingerprint density at radius 3 is 2.27 bits per heavy atom. The third kappa shape index (κ3) is 11.5. The van der Waals surface area contributed by atoms with Crippen molar-refractivity contribution in [2.24, 2.45) is 0 Å². The van der Waals surface area contributed by atoms with Gasteiger partial charge in [0.15, 0.2) is 12.0 Å². The SMILES string of the molecule is CCCCCCCCCCCCC(Br)CC(=O)OCc1ccc(C=O)o1. The first-order chi connectivity index (χ1) is 12.7. The van der Waals surface area contributed by atoms with E-state index in [1.165, 1.54) is 57.8 Å². The lowest BCUT2D eigenvalue weighted by atomic mass is 10.0. The molecular weight excluding hydrogens is 396 g/mol. The second-order valence-electron chi connectivity index (χ2n) is 6.85. The van der Waals surface area contributed by atoms with E-state index in [1.807, 2.05) is 0 Å². The molecule has 4 nitrogen and oxygen atoms in total. The molecule has 1 aromatic rings. The topological polar surface area (TPSA) is 56.5 Å². The standard InChI is InChI=1S/C21H33BrO4/c1-2-3-4-5-6-7-8-9-10-11-12-18(22)15-21(24)25-17-20-14-13-19(16-23)26-20/h13-14,16,18H,2-12,15,17H2,1H3. The number of halogens is 1. The number of alkyl halides is 1. The van der Waals surface area contributed by atoms with E-state index in [-0.39, 0.29) is 23.2 Å². The van der Waals surface area contributed by atoms with E-state index in [9.17, 15) is 9.59 Å². The zero-order chi connectivity index (χ0) is 19.0. The molecule has 0 amide bonds. The first-order valence-electron chi connectivity index (χ1n) is 9.99. The highest BCUT2D eigenvalue weighted by atomic mass is 79.9. The maximum atomic E-state index is 11.8. The molecule has 0 spiro atoms. The van der Waals surface area contributed by atoms with Gasteiger partial charge in [0, 0.05) is 4.83 Å². The van der Waals surface area contributed by atoms with Crippen LogP contribution in [0.4, 0.5) is 0 Å². The van der Waals surface area contributed by atoms with Crippen molar-refractivity contribution in [3.63, 3.8) is 0 Å². The van der Waals surface area contributed by atoms with Crippen molar-refractivity contribution in [3.8, 4) is 0 Å². The van der Waals surface area contributed by atoms with Crippen molar-refractivity contribution in [1.29, 1.82) is 0 Å². The summed E-state index contributed by atoms with van der Waals surface area (Å²) in [6, 6.07) is 3.21. The van der Waals surface area contributed by atoms with Crippen LogP contribution in [0.15, 0.2) is 16.5 Å². The quantitative estimate of drug-likeness (QED) is 0.129. The molecule has 1 rings (SSSR count). The molecule has 0 fully saturated rings. The average Bonchev–Trinajstić information content (AvgIpc) is 3.09. The molecule has 0 saturated heterocycles. The fourth-order valence-corrected chi connectivity index (χ4v) is 3.47. The normalized spacial score (nSPS) is 12.1. The van der Waals surface area contributed by atoms with Gasteiger partial charge in [0.1, 0.15) is 12.4 Å². The summed E-state index contributed by atoms with van der Waals surface area (Å²) in [6.07, 6.45) is 15.1. The van der Waals surface area contributed by atoms with Crippen LogP contribution in [0.1, 0.15) is 100 Å². The van der Waals surface area contributed by atoms with Crippen molar-refractivity contribution in [3.05, 3.63) is 23.7 Å². The Morgan fingerprint density at radius 1 is 1.08 bits per heavy atom. The van der Waals surface area contributed by atoms with Gasteiger partial charge in [-0.1, -0.05) is 87.1 Å². The number of rotatable bonds is 16. The summed E-state index contributed by atoms with van der Waals surface area (Å²) in [6.45, 7) is 2.32. The molecule has 26 heavy (non-hydrogen) atoms. The predicted molar refractivity (Wildman–Crippen MR) is 108 cm³/mol. The zero-order valence-corrected chi connectivity index (χ0v) is 17.6. The van der Waals surface area contributed by atoms with Crippen molar-refractivity contribution < 1.29 is 18.7 Å². The van der Waals surface area contributed by atoms with E-state index in [0.29, 0.717) is 18.5 Å². The third-order valence-corrected chi connectivity index (χ3v) is 5.21. The van der Waals surface area contributed by atoms with E-state index in [0.717, 1.165) is 12.8 Å². The van der Waals surface area contributed by atoms with Crippen molar-refractivity contribution in [2.75, 3.05) is 0 Å². The molecule has 1 aromatic heterocycles. The number of esters is 1. The van der Waals surface area contributed by atoms with Crippen LogP contribution < -0.4 is 0 Å². The van der Waals surface area contributed by atoms with Crippen LogP contribution in [-0.2, 0) is 16.1 Å². The molecule has 0 aliphatic heterocycles. The van der Waals surface area contributed by atoms with Crippen LogP contribution >= 0.6 is 15.9 Å². The maximum Gasteiger partial charge on any atom is 0.307 e. The summed E-state index contributed by atoms with van der Waals surface area (Å²) < 4.78 is 10.3. The van der Waals surface area contributed by atoms with Crippen LogP contribution in [0, 0.1) is 0 Å². The molecule has 0 saturated carbocycles. The minimum Gasteiger partial charge on any atom is -0.457 e. The molecule has 148 valence electrons. The van der Waals surface area contributed by atoms with Gasteiger partial charge in [-0.3, -0.25) is 9.59 Å². The average molecular weight is 429 g/mol. The third-order valence-electron chi connectivity index (χ3n) is 4.43. The molecule has 0 N–H and O–H groups in total. The van der Waals surface area contributed by atoms with E-state index in [1.54, 1.807) is 12.1 Å². The van der Waals surface area contributed by atoms with Crippen molar-refractivity contribution >= 4 is 28.2 Å². The molecule has 5 heteroatoms. The first-order valence-corrected chi connectivity index (χ1v) is 10.9. The van der Waals surface area contributed by atoms with Gasteiger partial charge < -0.3 is 9.15 Å². The Balaban J connectivity index is 1.96. The van der Waals surface area contributed by atoms with E-state index in [4.69, 9.17) is 9.15 Å². The van der Waals surface area contributed by atoms with Gasteiger partial charge in [-0.25, -0.2) is 0 Å². The number of hydrogen-bond donors (Lipinski definition) is 0. The summed E-state index contributed by atoms with van der Waals surface area (Å²) in [7, 11) is 0.